The molecule has 1 rings (SSSR count). The minimum atomic E-state index is -0.484. The zero-order chi connectivity index (χ0) is 10.9. The van der Waals surface area contributed by atoms with Gasteiger partial charge in [-0.05, 0) is 18.2 Å². The molecule has 76 valence electrons. The fourth-order valence-electron chi connectivity index (χ4n) is 1.14. The minimum absolute atomic E-state index is 0.0619. The van der Waals surface area contributed by atoms with Crippen LogP contribution in [0.4, 0.5) is 5.69 Å². The van der Waals surface area contributed by atoms with E-state index in [1.807, 2.05) is 20.8 Å². The van der Waals surface area contributed by atoms with Crippen molar-refractivity contribution in [3.05, 3.63) is 23.8 Å². The number of Topliss-reactive ketones (excluding diaryl/α,β-unsaturated/α-hetero) is 1. The minimum Gasteiger partial charge on any atom is -0.508 e. The standard InChI is InChI=1S/C11H15NO2/c1-11(2,3)10(14)8-6-7(13)4-5-9(8)12/h4-6,13H,12H2,1-3H3. The summed E-state index contributed by atoms with van der Waals surface area (Å²) >= 11 is 0. The number of phenols is 1. The number of hydrogen-bond donors (Lipinski definition) is 2. The van der Waals surface area contributed by atoms with Crippen molar-refractivity contribution in [2.45, 2.75) is 20.8 Å². The number of benzene rings is 1. The number of carbonyl (C=O) groups excluding carboxylic acids is 1. The number of phenolic OH excluding ortho intramolecular Hbond substituents is 1. The topological polar surface area (TPSA) is 63.3 Å². The van der Waals surface area contributed by atoms with Crippen molar-refractivity contribution < 1.29 is 9.90 Å². The Bertz CT molecular complexity index is 364. The third kappa shape index (κ3) is 2.05. The summed E-state index contributed by atoms with van der Waals surface area (Å²) < 4.78 is 0. The van der Waals surface area contributed by atoms with Gasteiger partial charge >= 0.3 is 0 Å². The van der Waals surface area contributed by atoms with Crippen LogP contribution < -0.4 is 5.73 Å². The first kappa shape index (κ1) is 10.6. The Labute approximate surface area is 83.6 Å². The first-order valence-corrected chi connectivity index (χ1v) is 4.45. The van der Waals surface area contributed by atoms with Crippen molar-refractivity contribution in [2.24, 2.45) is 5.41 Å². The van der Waals surface area contributed by atoms with Crippen molar-refractivity contribution >= 4 is 11.5 Å². The van der Waals surface area contributed by atoms with Crippen LogP contribution in [0, 0.1) is 5.41 Å². The van der Waals surface area contributed by atoms with E-state index in [0.717, 1.165) is 0 Å². The molecule has 0 spiro atoms. The first-order chi connectivity index (χ1) is 6.32. The van der Waals surface area contributed by atoms with Crippen LogP contribution in [0.2, 0.25) is 0 Å². The van der Waals surface area contributed by atoms with Gasteiger partial charge in [0.2, 0.25) is 0 Å². The zero-order valence-corrected chi connectivity index (χ0v) is 8.66. The van der Waals surface area contributed by atoms with Gasteiger partial charge in [-0.3, -0.25) is 4.79 Å². The Balaban J connectivity index is 3.19. The lowest BCUT2D eigenvalue weighted by Crippen LogP contribution is -2.21. The Morgan fingerprint density at radius 2 is 1.93 bits per heavy atom. The highest BCUT2D eigenvalue weighted by atomic mass is 16.3. The summed E-state index contributed by atoms with van der Waals surface area (Å²) in [6.07, 6.45) is 0. The van der Waals surface area contributed by atoms with Crippen LogP contribution >= 0.6 is 0 Å². The monoisotopic (exact) mass is 193 g/mol. The highest BCUT2D eigenvalue weighted by Crippen LogP contribution is 2.26. The zero-order valence-electron chi connectivity index (χ0n) is 8.66. The predicted octanol–water partition coefficient (Wildman–Crippen LogP) is 2.20. The molecule has 0 unspecified atom stereocenters. The molecule has 0 aliphatic heterocycles. The average Bonchev–Trinajstić information content (AvgIpc) is 2.06. The Morgan fingerprint density at radius 1 is 1.36 bits per heavy atom. The van der Waals surface area contributed by atoms with Gasteiger partial charge in [0.25, 0.3) is 0 Å². The maximum Gasteiger partial charge on any atom is 0.170 e. The molecule has 0 aliphatic rings. The third-order valence-electron chi connectivity index (χ3n) is 1.96. The second-order valence-electron chi connectivity index (χ2n) is 4.35. The van der Waals surface area contributed by atoms with Crippen LogP contribution in [0.25, 0.3) is 0 Å². The molecule has 0 aliphatic carbocycles. The van der Waals surface area contributed by atoms with Gasteiger partial charge in [0.05, 0.1) is 0 Å². The van der Waals surface area contributed by atoms with Gasteiger partial charge in [-0.15, -0.1) is 0 Å². The van der Waals surface area contributed by atoms with Crippen molar-refractivity contribution in [1.29, 1.82) is 0 Å². The molecule has 3 heteroatoms. The van der Waals surface area contributed by atoms with E-state index >= 15 is 0 Å². The van der Waals surface area contributed by atoms with E-state index in [0.29, 0.717) is 11.3 Å². The molecule has 0 saturated carbocycles. The molecule has 0 radical (unpaired) electrons. The van der Waals surface area contributed by atoms with Gasteiger partial charge in [-0.25, -0.2) is 0 Å². The number of hydrogen-bond acceptors (Lipinski definition) is 3. The van der Waals surface area contributed by atoms with Crippen molar-refractivity contribution in [2.75, 3.05) is 5.73 Å². The van der Waals surface area contributed by atoms with Gasteiger partial charge < -0.3 is 10.8 Å². The SMILES string of the molecule is CC(C)(C)C(=O)c1cc(O)ccc1N. The van der Waals surface area contributed by atoms with E-state index in [2.05, 4.69) is 0 Å². The summed E-state index contributed by atoms with van der Waals surface area (Å²) in [4.78, 5) is 11.8. The molecule has 0 bridgehead atoms. The second-order valence-corrected chi connectivity index (χ2v) is 4.35. The van der Waals surface area contributed by atoms with Gasteiger partial charge in [0.1, 0.15) is 5.75 Å². The summed E-state index contributed by atoms with van der Waals surface area (Å²) in [6.45, 7) is 5.45. The molecular weight excluding hydrogens is 178 g/mol. The lowest BCUT2D eigenvalue weighted by atomic mass is 9.86. The van der Waals surface area contributed by atoms with Gasteiger partial charge in [-0.2, -0.15) is 0 Å². The fraction of sp³-hybridized carbons (Fsp3) is 0.364. The molecule has 14 heavy (non-hydrogen) atoms. The number of nitrogens with two attached hydrogens (primary N) is 1. The van der Waals surface area contributed by atoms with E-state index < -0.39 is 5.41 Å². The Kier molecular flexibility index (Phi) is 2.51. The molecular formula is C11H15NO2. The molecule has 1 aromatic rings. The molecule has 1 aromatic carbocycles. The van der Waals surface area contributed by atoms with E-state index in [-0.39, 0.29) is 11.5 Å². The summed E-state index contributed by atoms with van der Waals surface area (Å²) in [5.41, 5.74) is 5.96. The molecule has 0 amide bonds. The van der Waals surface area contributed by atoms with Gasteiger partial charge in [-0.1, -0.05) is 20.8 Å². The summed E-state index contributed by atoms with van der Waals surface area (Å²) in [5.74, 6) is -0.00213. The van der Waals surface area contributed by atoms with E-state index in [4.69, 9.17) is 5.73 Å². The molecule has 3 nitrogen and oxygen atoms in total. The van der Waals surface area contributed by atoms with E-state index in [9.17, 15) is 9.90 Å². The first-order valence-electron chi connectivity index (χ1n) is 4.45. The van der Waals surface area contributed by atoms with Gasteiger partial charge in [0.15, 0.2) is 5.78 Å². The maximum absolute atomic E-state index is 11.8. The summed E-state index contributed by atoms with van der Waals surface area (Å²) in [6, 6.07) is 4.41. The second kappa shape index (κ2) is 3.33. The molecule has 0 atom stereocenters. The van der Waals surface area contributed by atoms with E-state index in [1.54, 1.807) is 0 Å². The lowest BCUT2D eigenvalue weighted by Gasteiger charge is -2.17. The molecule has 0 fully saturated rings. The summed E-state index contributed by atoms with van der Waals surface area (Å²) in [5, 5.41) is 9.24. The molecule has 0 aromatic heterocycles. The van der Waals surface area contributed by atoms with Crippen LogP contribution in [0.15, 0.2) is 18.2 Å². The number of anilines is 1. The Hall–Kier alpha value is -1.51. The molecule has 0 heterocycles. The van der Waals surface area contributed by atoms with Crippen LogP contribution in [0.1, 0.15) is 31.1 Å². The largest absolute Gasteiger partial charge is 0.508 e. The average molecular weight is 193 g/mol. The van der Waals surface area contributed by atoms with Crippen LogP contribution in [0.3, 0.4) is 0 Å². The predicted molar refractivity (Wildman–Crippen MR) is 56.3 cm³/mol. The van der Waals surface area contributed by atoms with Crippen molar-refractivity contribution in [3.63, 3.8) is 0 Å². The number of ketones is 1. The quantitative estimate of drug-likeness (QED) is 0.408. The highest BCUT2D eigenvalue weighted by Gasteiger charge is 2.24. The number of rotatable bonds is 1. The van der Waals surface area contributed by atoms with Crippen LogP contribution in [0.5, 0.6) is 5.75 Å². The highest BCUT2D eigenvalue weighted by molar-refractivity contribution is 6.04. The normalized spacial score (nSPS) is 11.4. The van der Waals surface area contributed by atoms with Crippen molar-refractivity contribution in [1.82, 2.24) is 0 Å². The van der Waals surface area contributed by atoms with E-state index in [1.165, 1.54) is 18.2 Å². The van der Waals surface area contributed by atoms with Gasteiger partial charge in [0, 0.05) is 16.7 Å². The smallest absolute Gasteiger partial charge is 0.170 e. The lowest BCUT2D eigenvalue weighted by molar-refractivity contribution is 0.0859. The van der Waals surface area contributed by atoms with Crippen LogP contribution in [-0.2, 0) is 0 Å². The van der Waals surface area contributed by atoms with Crippen LogP contribution in [-0.4, -0.2) is 10.9 Å². The summed E-state index contributed by atoms with van der Waals surface area (Å²) in [7, 11) is 0. The Morgan fingerprint density at radius 3 is 2.43 bits per heavy atom. The number of nitrogen functional groups attached to an aromatic ring is 1. The third-order valence-corrected chi connectivity index (χ3v) is 1.96. The maximum atomic E-state index is 11.8. The fourth-order valence-corrected chi connectivity index (χ4v) is 1.14. The number of aromatic hydroxyl groups is 1. The number of carbonyl (C=O) groups is 1. The molecule has 3 N–H and O–H groups in total. The van der Waals surface area contributed by atoms with Crippen molar-refractivity contribution in [3.8, 4) is 5.75 Å². The molecule has 0 saturated heterocycles.